The van der Waals surface area contributed by atoms with Crippen LogP contribution in [0.5, 0.6) is 0 Å². The Labute approximate surface area is 345 Å². The second-order valence-electron chi connectivity index (χ2n) is 17.6. The van der Waals surface area contributed by atoms with Crippen molar-refractivity contribution >= 4 is 17.9 Å². The maximum atomic E-state index is 13.7. The van der Waals surface area contributed by atoms with E-state index < -0.39 is 11.8 Å². The van der Waals surface area contributed by atoms with Gasteiger partial charge in [-0.25, -0.2) is 0 Å². The highest BCUT2D eigenvalue weighted by atomic mass is 16.2. The predicted molar refractivity (Wildman–Crippen MR) is 243 cm³/mol. The van der Waals surface area contributed by atoms with Gasteiger partial charge in [0.05, 0.1) is 11.8 Å². The van der Waals surface area contributed by atoms with E-state index in [1.807, 2.05) is 0 Å². The Morgan fingerprint density at radius 1 is 0.364 bits per heavy atom. The molecular weight excluding hydrogens is 673 g/mol. The normalized spacial score (nSPS) is 12.8. The summed E-state index contributed by atoms with van der Waals surface area (Å²) in [5.74, 6) is -1.13. The van der Waals surface area contributed by atoms with Crippen LogP contribution in [0.3, 0.4) is 0 Å². The van der Waals surface area contributed by atoms with Crippen LogP contribution < -0.4 is 0 Å². The number of rotatable bonds is 47. The van der Waals surface area contributed by atoms with Crippen molar-refractivity contribution in [3.8, 4) is 0 Å². The van der Waals surface area contributed by atoms with Crippen molar-refractivity contribution in [2.75, 3.05) is 0 Å². The molecule has 0 rings (SSSR count). The third-order valence-corrected chi connectivity index (χ3v) is 12.2. The Hall–Kier alpha value is -1.25. The highest BCUT2D eigenvalue weighted by molar-refractivity contribution is 6.07. The highest BCUT2D eigenvalue weighted by Gasteiger charge is 2.31. The van der Waals surface area contributed by atoms with Gasteiger partial charge in [-0.05, 0) is 44.9 Å². The lowest BCUT2D eigenvalue weighted by Crippen LogP contribution is -2.31. The smallest absolute Gasteiger partial charge is 0.153 e. The molecule has 0 aliphatic heterocycles. The van der Waals surface area contributed by atoms with E-state index in [0.29, 0.717) is 19.3 Å². The quantitative estimate of drug-likeness (QED) is 0.0268. The van der Waals surface area contributed by atoms with E-state index in [0.717, 1.165) is 57.7 Å². The molecule has 55 heavy (non-hydrogen) atoms. The summed E-state index contributed by atoms with van der Waals surface area (Å²) in [5.41, 5.74) is 0. The Morgan fingerprint density at radius 2 is 0.655 bits per heavy atom. The first kappa shape index (κ1) is 53.8. The first-order valence-electron chi connectivity index (χ1n) is 25.3. The van der Waals surface area contributed by atoms with Crippen LogP contribution in [0.15, 0.2) is 12.2 Å². The van der Waals surface area contributed by atoms with Crippen LogP contribution in [0.1, 0.15) is 290 Å². The van der Waals surface area contributed by atoms with Crippen molar-refractivity contribution in [1.82, 2.24) is 0 Å². The minimum atomic E-state index is -0.602. The molecule has 2 unspecified atom stereocenters. The number of Topliss-reactive ketones (excluding diaryl/α,β-unsaturated/α-hetero) is 2. The zero-order valence-corrected chi connectivity index (χ0v) is 37.8. The van der Waals surface area contributed by atoms with Gasteiger partial charge in [-0.1, -0.05) is 251 Å². The topological polar surface area (TPSA) is 51.2 Å². The van der Waals surface area contributed by atoms with Crippen LogP contribution in [-0.4, -0.2) is 17.9 Å². The molecular formula is C52H98O3. The minimum Gasteiger partial charge on any atom is -0.303 e. The molecule has 0 heterocycles. The van der Waals surface area contributed by atoms with Crippen LogP contribution >= 0.6 is 0 Å². The molecule has 0 aromatic heterocycles. The molecule has 0 aliphatic carbocycles. The second kappa shape index (κ2) is 45.5. The van der Waals surface area contributed by atoms with Crippen molar-refractivity contribution in [3.63, 3.8) is 0 Å². The SMILES string of the molecule is CCCCCCCC/C=C\CCCCCCC(C(=O)CCCCCCCCCCCCCCC)C(=O)C(C=O)CCCCCCCCCCCCCCCC. The van der Waals surface area contributed by atoms with Gasteiger partial charge >= 0.3 is 0 Å². The molecule has 2 atom stereocenters. The van der Waals surface area contributed by atoms with E-state index in [9.17, 15) is 14.4 Å². The number of carbonyl (C=O) groups excluding carboxylic acids is 3. The van der Waals surface area contributed by atoms with Crippen LogP contribution in [0, 0.1) is 11.8 Å². The van der Waals surface area contributed by atoms with Gasteiger partial charge in [0.25, 0.3) is 0 Å². The zero-order chi connectivity index (χ0) is 40.1. The number of hydrogen-bond donors (Lipinski definition) is 0. The van der Waals surface area contributed by atoms with E-state index >= 15 is 0 Å². The lowest BCUT2D eigenvalue weighted by Gasteiger charge is -2.19. The molecule has 0 spiro atoms. The monoisotopic (exact) mass is 771 g/mol. The molecule has 0 radical (unpaired) electrons. The molecule has 0 aromatic carbocycles. The lowest BCUT2D eigenvalue weighted by atomic mass is 9.82. The summed E-state index contributed by atoms with van der Waals surface area (Å²) in [6.07, 6.45) is 56.9. The minimum absolute atomic E-state index is 0.0676. The standard InChI is InChI=1S/C52H98O3/c1-4-7-10-13-16-19-22-25-28-30-33-36-39-42-45-49(48-53)52(55)50(46-43-40-37-34-31-29-26-23-20-17-14-11-8-5-2)51(54)47-44-41-38-35-32-27-24-21-18-15-12-9-6-3/h26,29,48-50H,4-25,27-28,30-47H2,1-3H3/b29-26-. The van der Waals surface area contributed by atoms with Gasteiger partial charge in [-0.3, -0.25) is 9.59 Å². The third kappa shape index (κ3) is 38.1. The zero-order valence-electron chi connectivity index (χ0n) is 37.8. The van der Waals surface area contributed by atoms with Crippen molar-refractivity contribution < 1.29 is 14.4 Å². The number of carbonyl (C=O) groups is 3. The number of ketones is 2. The maximum absolute atomic E-state index is 13.7. The molecule has 0 aliphatic rings. The van der Waals surface area contributed by atoms with E-state index in [1.54, 1.807) is 0 Å². The number of unbranched alkanes of at least 4 members (excludes halogenated alkanes) is 35. The van der Waals surface area contributed by atoms with Gasteiger partial charge in [-0.2, -0.15) is 0 Å². The fraction of sp³-hybridized carbons (Fsp3) is 0.904. The summed E-state index contributed by atoms with van der Waals surface area (Å²) in [5, 5.41) is 0. The van der Waals surface area contributed by atoms with Crippen LogP contribution in [0.2, 0.25) is 0 Å². The average Bonchev–Trinajstić information content (AvgIpc) is 3.19. The number of hydrogen-bond acceptors (Lipinski definition) is 3. The first-order chi connectivity index (χ1) is 27.1. The summed E-state index contributed by atoms with van der Waals surface area (Å²) in [6.45, 7) is 6.83. The largest absolute Gasteiger partial charge is 0.303 e. The predicted octanol–water partition coefficient (Wildman–Crippen LogP) is 17.6. The van der Waals surface area contributed by atoms with Crippen molar-refractivity contribution in [2.45, 2.75) is 290 Å². The highest BCUT2D eigenvalue weighted by Crippen LogP contribution is 2.24. The molecule has 0 N–H and O–H groups in total. The van der Waals surface area contributed by atoms with Crippen molar-refractivity contribution in [1.29, 1.82) is 0 Å². The van der Waals surface area contributed by atoms with E-state index in [1.165, 1.54) is 199 Å². The van der Waals surface area contributed by atoms with Crippen molar-refractivity contribution in [3.05, 3.63) is 12.2 Å². The van der Waals surface area contributed by atoms with Crippen molar-refractivity contribution in [2.24, 2.45) is 11.8 Å². The molecule has 0 aromatic rings. The molecule has 0 fully saturated rings. The fourth-order valence-corrected chi connectivity index (χ4v) is 8.29. The lowest BCUT2D eigenvalue weighted by molar-refractivity contribution is -0.137. The maximum Gasteiger partial charge on any atom is 0.153 e. The Morgan fingerprint density at radius 3 is 1.00 bits per heavy atom. The second-order valence-corrected chi connectivity index (χ2v) is 17.6. The summed E-state index contributed by atoms with van der Waals surface area (Å²) in [7, 11) is 0. The van der Waals surface area contributed by atoms with Gasteiger partial charge in [0.1, 0.15) is 12.1 Å². The first-order valence-corrected chi connectivity index (χ1v) is 25.3. The van der Waals surface area contributed by atoms with Gasteiger partial charge in [0.15, 0.2) is 5.78 Å². The van der Waals surface area contributed by atoms with Crippen LogP contribution in [0.4, 0.5) is 0 Å². The molecule has 0 amide bonds. The van der Waals surface area contributed by atoms with Crippen LogP contribution in [-0.2, 0) is 14.4 Å². The van der Waals surface area contributed by atoms with Gasteiger partial charge in [-0.15, -0.1) is 0 Å². The molecule has 0 saturated heterocycles. The van der Waals surface area contributed by atoms with Gasteiger partial charge in [0.2, 0.25) is 0 Å². The van der Waals surface area contributed by atoms with E-state index in [2.05, 4.69) is 32.9 Å². The number of allylic oxidation sites excluding steroid dienone is 2. The fourth-order valence-electron chi connectivity index (χ4n) is 8.29. The van der Waals surface area contributed by atoms with Gasteiger partial charge < -0.3 is 4.79 Å². The average molecular weight is 771 g/mol. The Balaban J connectivity index is 4.51. The molecule has 3 heteroatoms. The van der Waals surface area contributed by atoms with Gasteiger partial charge in [0, 0.05) is 6.42 Å². The Bertz CT molecular complexity index is 831. The summed E-state index contributed by atoms with van der Waals surface area (Å²) < 4.78 is 0. The van der Waals surface area contributed by atoms with E-state index in [4.69, 9.17) is 0 Å². The van der Waals surface area contributed by atoms with E-state index in [-0.39, 0.29) is 11.6 Å². The third-order valence-electron chi connectivity index (χ3n) is 12.2. The summed E-state index contributed by atoms with van der Waals surface area (Å²) in [6, 6.07) is 0. The number of aldehydes is 1. The molecule has 324 valence electrons. The molecule has 0 saturated carbocycles. The molecule has 0 bridgehead atoms. The summed E-state index contributed by atoms with van der Waals surface area (Å²) in [4.78, 5) is 39.4. The van der Waals surface area contributed by atoms with Crippen LogP contribution in [0.25, 0.3) is 0 Å². The molecule has 3 nitrogen and oxygen atoms in total. The Kier molecular flexibility index (Phi) is 44.4. The summed E-state index contributed by atoms with van der Waals surface area (Å²) >= 11 is 0.